The highest BCUT2D eigenvalue weighted by Crippen LogP contribution is 2.24. The SMILES string of the molecule is COCc1nc2c(C(=O)O)ccn2cc1C(F)F. The van der Waals surface area contributed by atoms with E-state index in [1.807, 2.05) is 0 Å². The lowest BCUT2D eigenvalue weighted by atomic mass is 10.2. The Morgan fingerprint density at radius 3 is 2.89 bits per heavy atom. The fourth-order valence-corrected chi connectivity index (χ4v) is 1.68. The van der Waals surface area contributed by atoms with Gasteiger partial charge in [-0.3, -0.25) is 0 Å². The van der Waals surface area contributed by atoms with Gasteiger partial charge in [-0.1, -0.05) is 0 Å². The van der Waals surface area contributed by atoms with E-state index in [4.69, 9.17) is 9.84 Å². The molecule has 0 bridgehead atoms. The average Bonchev–Trinajstić information content (AvgIpc) is 2.71. The highest BCUT2D eigenvalue weighted by molar-refractivity contribution is 5.94. The molecule has 0 radical (unpaired) electrons. The molecule has 2 aromatic rings. The topological polar surface area (TPSA) is 63.8 Å². The van der Waals surface area contributed by atoms with E-state index in [1.54, 1.807) is 0 Å². The summed E-state index contributed by atoms with van der Waals surface area (Å²) in [6, 6.07) is 1.32. The molecule has 0 atom stereocenters. The van der Waals surface area contributed by atoms with E-state index < -0.39 is 12.4 Å². The van der Waals surface area contributed by atoms with Crippen LogP contribution < -0.4 is 0 Å². The molecule has 0 aliphatic rings. The minimum absolute atomic E-state index is 0.0341. The van der Waals surface area contributed by atoms with Gasteiger partial charge in [-0.05, 0) is 6.07 Å². The first kappa shape index (κ1) is 12.4. The van der Waals surface area contributed by atoms with E-state index >= 15 is 0 Å². The number of ether oxygens (including phenoxy) is 1. The summed E-state index contributed by atoms with van der Waals surface area (Å²) in [5, 5.41) is 8.94. The van der Waals surface area contributed by atoms with E-state index in [2.05, 4.69) is 4.98 Å². The molecule has 2 heterocycles. The molecule has 0 aromatic carbocycles. The third kappa shape index (κ3) is 2.04. The minimum Gasteiger partial charge on any atom is -0.478 e. The number of aromatic carboxylic acids is 1. The molecule has 0 saturated heterocycles. The Labute approximate surface area is 101 Å². The molecule has 5 nitrogen and oxygen atoms in total. The van der Waals surface area contributed by atoms with Crippen molar-refractivity contribution >= 4 is 11.6 Å². The number of rotatable bonds is 4. The molecule has 0 aliphatic carbocycles. The van der Waals surface area contributed by atoms with Crippen LogP contribution in [0.3, 0.4) is 0 Å². The molecule has 7 heteroatoms. The van der Waals surface area contributed by atoms with Gasteiger partial charge in [0.15, 0.2) is 5.65 Å². The van der Waals surface area contributed by atoms with Crippen LogP contribution in [0, 0.1) is 0 Å². The largest absolute Gasteiger partial charge is 0.478 e. The number of carboxylic acids is 1. The number of fused-ring (bicyclic) bond motifs is 1. The number of nitrogens with zero attached hydrogens (tertiary/aromatic N) is 2. The maximum Gasteiger partial charge on any atom is 0.339 e. The first-order valence-corrected chi connectivity index (χ1v) is 5.05. The summed E-state index contributed by atoms with van der Waals surface area (Å²) in [6.45, 7) is -0.0968. The predicted molar refractivity (Wildman–Crippen MR) is 57.8 cm³/mol. The Kier molecular flexibility index (Phi) is 3.24. The van der Waals surface area contributed by atoms with Gasteiger partial charge in [-0.15, -0.1) is 0 Å². The van der Waals surface area contributed by atoms with Gasteiger partial charge >= 0.3 is 5.97 Å². The first-order valence-electron chi connectivity index (χ1n) is 5.05. The van der Waals surface area contributed by atoms with Crippen LogP contribution in [0.4, 0.5) is 8.78 Å². The molecule has 18 heavy (non-hydrogen) atoms. The second-order valence-corrected chi connectivity index (χ2v) is 3.64. The van der Waals surface area contributed by atoms with Gasteiger partial charge in [-0.2, -0.15) is 0 Å². The van der Waals surface area contributed by atoms with Crippen molar-refractivity contribution < 1.29 is 23.4 Å². The van der Waals surface area contributed by atoms with Gasteiger partial charge < -0.3 is 14.2 Å². The summed E-state index contributed by atoms with van der Waals surface area (Å²) < 4.78 is 31.7. The molecule has 2 rings (SSSR count). The van der Waals surface area contributed by atoms with Crippen LogP contribution in [0.25, 0.3) is 5.65 Å². The minimum atomic E-state index is -2.69. The third-order valence-corrected chi connectivity index (χ3v) is 2.49. The van der Waals surface area contributed by atoms with Crippen molar-refractivity contribution in [1.29, 1.82) is 0 Å². The lowest BCUT2D eigenvalue weighted by Gasteiger charge is -2.08. The molecule has 1 N–H and O–H groups in total. The number of aromatic nitrogens is 2. The van der Waals surface area contributed by atoms with Crippen LogP contribution in [-0.2, 0) is 11.3 Å². The molecule has 96 valence electrons. The quantitative estimate of drug-likeness (QED) is 0.910. The van der Waals surface area contributed by atoms with E-state index in [9.17, 15) is 13.6 Å². The number of alkyl halides is 2. The zero-order chi connectivity index (χ0) is 13.3. The Hall–Kier alpha value is -2.02. The fraction of sp³-hybridized carbons (Fsp3) is 0.273. The molecule has 0 amide bonds. The van der Waals surface area contributed by atoms with E-state index in [0.29, 0.717) is 0 Å². The molecule has 0 fully saturated rings. The fourth-order valence-electron chi connectivity index (χ4n) is 1.68. The van der Waals surface area contributed by atoms with Crippen LogP contribution >= 0.6 is 0 Å². The maximum atomic E-state index is 12.8. The van der Waals surface area contributed by atoms with Crippen molar-refractivity contribution in [1.82, 2.24) is 9.38 Å². The number of hydrogen-bond donors (Lipinski definition) is 1. The Bertz CT molecular complexity index is 595. The van der Waals surface area contributed by atoms with Crippen molar-refractivity contribution in [2.45, 2.75) is 13.0 Å². The predicted octanol–water partition coefficient (Wildman–Crippen LogP) is 2.12. The summed E-state index contributed by atoms with van der Waals surface area (Å²) in [4.78, 5) is 14.9. The lowest BCUT2D eigenvalue weighted by molar-refractivity contribution is 0.0699. The van der Waals surface area contributed by atoms with Crippen LogP contribution in [0.1, 0.15) is 28.0 Å². The van der Waals surface area contributed by atoms with Gasteiger partial charge in [0.2, 0.25) is 0 Å². The average molecular weight is 256 g/mol. The van der Waals surface area contributed by atoms with E-state index in [1.165, 1.54) is 30.0 Å². The standard InChI is InChI=1S/C11H10F2N2O3/c1-18-5-8-7(9(12)13)4-15-3-2-6(11(16)17)10(15)14-8/h2-4,9H,5H2,1H3,(H,16,17). The molecule has 0 saturated carbocycles. The van der Waals surface area contributed by atoms with E-state index in [0.717, 1.165) is 0 Å². The van der Waals surface area contributed by atoms with Gasteiger partial charge in [0.05, 0.1) is 17.9 Å². The Morgan fingerprint density at radius 1 is 1.61 bits per heavy atom. The Balaban J connectivity index is 2.66. The first-order chi connectivity index (χ1) is 8.54. The smallest absolute Gasteiger partial charge is 0.339 e. The molecule has 2 aromatic heterocycles. The maximum absolute atomic E-state index is 12.8. The number of carboxylic acid groups (broad SMARTS) is 1. The lowest BCUT2D eigenvalue weighted by Crippen LogP contribution is -2.05. The number of hydrogen-bond acceptors (Lipinski definition) is 3. The second-order valence-electron chi connectivity index (χ2n) is 3.64. The molecular formula is C11H10F2N2O3. The number of methoxy groups -OCH3 is 1. The summed E-state index contributed by atoms with van der Waals surface area (Å²) in [5.41, 5.74) is -0.134. The van der Waals surface area contributed by atoms with Crippen LogP contribution in [0.2, 0.25) is 0 Å². The van der Waals surface area contributed by atoms with Gasteiger partial charge in [0.1, 0.15) is 5.56 Å². The molecule has 0 unspecified atom stereocenters. The highest BCUT2D eigenvalue weighted by Gasteiger charge is 2.19. The zero-order valence-electron chi connectivity index (χ0n) is 9.43. The highest BCUT2D eigenvalue weighted by atomic mass is 19.3. The summed E-state index contributed by atoms with van der Waals surface area (Å²) in [5.74, 6) is -1.15. The van der Waals surface area contributed by atoms with Crippen molar-refractivity contribution in [3.05, 3.63) is 35.3 Å². The van der Waals surface area contributed by atoms with Crippen LogP contribution in [0.5, 0.6) is 0 Å². The molecule has 0 spiro atoms. The molecule has 0 aliphatic heterocycles. The van der Waals surface area contributed by atoms with Gasteiger partial charge in [-0.25, -0.2) is 18.6 Å². The third-order valence-electron chi connectivity index (χ3n) is 2.49. The normalized spacial score (nSPS) is 11.3. The monoisotopic (exact) mass is 256 g/mol. The second kappa shape index (κ2) is 4.69. The summed E-state index contributed by atoms with van der Waals surface area (Å²) in [7, 11) is 1.36. The summed E-state index contributed by atoms with van der Waals surface area (Å²) in [6.07, 6.45) is -0.134. The molecular weight excluding hydrogens is 246 g/mol. The Morgan fingerprint density at radius 2 is 2.33 bits per heavy atom. The van der Waals surface area contributed by atoms with Crippen LogP contribution in [-0.4, -0.2) is 27.6 Å². The van der Waals surface area contributed by atoms with Gasteiger partial charge in [0.25, 0.3) is 6.43 Å². The van der Waals surface area contributed by atoms with Crippen molar-refractivity contribution in [3.8, 4) is 0 Å². The van der Waals surface area contributed by atoms with Crippen molar-refractivity contribution in [2.75, 3.05) is 7.11 Å². The van der Waals surface area contributed by atoms with Crippen LogP contribution in [0.15, 0.2) is 18.5 Å². The zero-order valence-corrected chi connectivity index (χ0v) is 9.43. The summed E-state index contributed by atoms with van der Waals surface area (Å²) >= 11 is 0. The van der Waals surface area contributed by atoms with Crippen molar-refractivity contribution in [3.63, 3.8) is 0 Å². The number of halogens is 2. The van der Waals surface area contributed by atoms with Crippen molar-refractivity contribution in [2.24, 2.45) is 0 Å². The van der Waals surface area contributed by atoms with Gasteiger partial charge in [0, 0.05) is 19.5 Å². The number of carbonyl (C=O) groups is 1. The van der Waals surface area contributed by atoms with E-state index in [-0.39, 0.29) is 29.1 Å².